The van der Waals surface area contributed by atoms with Crippen LogP contribution in [0.25, 0.3) is 10.9 Å². The van der Waals surface area contributed by atoms with E-state index in [0.29, 0.717) is 25.2 Å². The third-order valence-electron chi connectivity index (χ3n) is 4.56. The Morgan fingerprint density at radius 1 is 1.16 bits per heavy atom. The van der Waals surface area contributed by atoms with Gasteiger partial charge < -0.3 is 20.5 Å². The fraction of sp³-hybridized carbons (Fsp3) is 0.565. The molecule has 31 heavy (non-hydrogen) atoms. The summed E-state index contributed by atoms with van der Waals surface area (Å²) in [5.74, 6) is -0.0686. The van der Waals surface area contributed by atoms with Crippen molar-refractivity contribution in [3.63, 3.8) is 0 Å². The lowest BCUT2D eigenvalue weighted by Gasteiger charge is -2.24. The SMILES string of the molecule is CCCCC(=O)Nc1c(Cl)nc2ccccc2c1NCCCCNC(O)OC(C)(C)C. The van der Waals surface area contributed by atoms with Crippen LogP contribution >= 0.6 is 11.6 Å². The van der Waals surface area contributed by atoms with Gasteiger partial charge in [-0.3, -0.25) is 10.1 Å². The topological polar surface area (TPSA) is 95.5 Å². The summed E-state index contributed by atoms with van der Waals surface area (Å²) in [5, 5.41) is 20.3. The molecular formula is C23H35ClN4O3. The average molecular weight is 451 g/mol. The first-order chi connectivity index (χ1) is 14.7. The summed E-state index contributed by atoms with van der Waals surface area (Å²) >= 11 is 6.42. The monoisotopic (exact) mass is 450 g/mol. The lowest BCUT2D eigenvalue weighted by molar-refractivity contribution is -0.181. The smallest absolute Gasteiger partial charge is 0.224 e. The second-order valence-electron chi connectivity index (χ2n) is 8.49. The van der Waals surface area contributed by atoms with Gasteiger partial charge in [-0.2, -0.15) is 0 Å². The van der Waals surface area contributed by atoms with Crippen LogP contribution in [0.5, 0.6) is 0 Å². The minimum atomic E-state index is -0.985. The van der Waals surface area contributed by atoms with Crippen LogP contribution in [0.3, 0.4) is 0 Å². The molecule has 1 aromatic carbocycles. The lowest BCUT2D eigenvalue weighted by atomic mass is 10.1. The number of aromatic nitrogens is 1. The van der Waals surface area contributed by atoms with Crippen LogP contribution < -0.4 is 16.0 Å². The van der Waals surface area contributed by atoms with Crippen LogP contribution in [0.1, 0.15) is 59.8 Å². The van der Waals surface area contributed by atoms with Crippen molar-refractivity contribution in [2.45, 2.75) is 71.8 Å². The van der Waals surface area contributed by atoms with E-state index in [1.807, 2.05) is 52.0 Å². The van der Waals surface area contributed by atoms with E-state index < -0.39 is 12.0 Å². The molecule has 0 saturated heterocycles. The van der Waals surface area contributed by atoms with Crippen molar-refractivity contribution >= 4 is 39.8 Å². The van der Waals surface area contributed by atoms with Crippen molar-refractivity contribution < 1.29 is 14.6 Å². The minimum Gasteiger partial charge on any atom is -0.383 e. The van der Waals surface area contributed by atoms with E-state index in [1.165, 1.54) is 0 Å². The molecule has 1 atom stereocenters. The van der Waals surface area contributed by atoms with Gasteiger partial charge in [-0.25, -0.2) is 4.98 Å². The number of amides is 1. The molecule has 0 saturated carbocycles. The summed E-state index contributed by atoms with van der Waals surface area (Å²) in [6.45, 7) is 9.03. The van der Waals surface area contributed by atoms with Gasteiger partial charge in [-0.05, 0) is 52.6 Å². The van der Waals surface area contributed by atoms with Crippen LogP contribution in [0.15, 0.2) is 24.3 Å². The summed E-state index contributed by atoms with van der Waals surface area (Å²) in [6, 6.07) is 7.71. The number of hydrogen-bond donors (Lipinski definition) is 4. The Balaban J connectivity index is 1.99. The van der Waals surface area contributed by atoms with Crippen molar-refractivity contribution in [1.29, 1.82) is 0 Å². The first kappa shape index (κ1) is 25.3. The van der Waals surface area contributed by atoms with Crippen molar-refractivity contribution in [3.05, 3.63) is 29.4 Å². The number of carbonyl (C=O) groups excluding carboxylic acids is 1. The molecule has 0 aliphatic heterocycles. The highest BCUT2D eigenvalue weighted by Crippen LogP contribution is 2.36. The number of rotatable bonds is 12. The van der Waals surface area contributed by atoms with E-state index in [-0.39, 0.29) is 11.1 Å². The third-order valence-corrected chi connectivity index (χ3v) is 4.83. The van der Waals surface area contributed by atoms with Crippen molar-refractivity contribution in [2.75, 3.05) is 23.7 Å². The van der Waals surface area contributed by atoms with Gasteiger partial charge in [0.25, 0.3) is 0 Å². The first-order valence-electron chi connectivity index (χ1n) is 10.9. The fourth-order valence-corrected chi connectivity index (χ4v) is 3.32. The summed E-state index contributed by atoms with van der Waals surface area (Å²) in [6.07, 6.45) is 2.93. The molecule has 0 radical (unpaired) electrons. The van der Waals surface area contributed by atoms with Crippen LogP contribution in [0.4, 0.5) is 11.4 Å². The number of halogens is 1. The van der Waals surface area contributed by atoms with Crippen LogP contribution in [-0.4, -0.2) is 41.1 Å². The molecule has 1 amide bonds. The summed E-state index contributed by atoms with van der Waals surface area (Å²) in [5.41, 5.74) is 1.66. The predicted octanol–water partition coefficient (Wildman–Crippen LogP) is 4.89. The van der Waals surface area contributed by atoms with Gasteiger partial charge in [0.05, 0.1) is 16.8 Å². The molecule has 7 nitrogen and oxygen atoms in total. The third kappa shape index (κ3) is 8.61. The fourth-order valence-electron chi connectivity index (χ4n) is 3.08. The van der Waals surface area contributed by atoms with Gasteiger partial charge in [0.15, 0.2) is 5.15 Å². The van der Waals surface area contributed by atoms with E-state index >= 15 is 0 Å². The predicted molar refractivity (Wildman–Crippen MR) is 127 cm³/mol. The second-order valence-corrected chi connectivity index (χ2v) is 8.85. The number of nitrogens with zero attached hydrogens (tertiary/aromatic N) is 1. The number of benzene rings is 1. The van der Waals surface area contributed by atoms with E-state index in [9.17, 15) is 9.90 Å². The van der Waals surface area contributed by atoms with Gasteiger partial charge in [0, 0.05) is 18.4 Å². The zero-order valence-corrected chi connectivity index (χ0v) is 19.7. The van der Waals surface area contributed by atoms with Crippen molar-refractivity contribution in [3.8, 4) is 0 Å². The molecule has 1 heterocycles. The number of carbonyl (C=O) groups is 1. The Hall–Kier alpha value is -1.93. The quantitative estimate of drug-likeness (QED) is 0.209. The number of para-hydroxylation sites is 1. The number of nitrogens with one attached hydrogen (secondary N) is 3. The van der Waals surface area contributed by atoms with E-state index in [2.05, 4.69) is 20.9 Å². The molecule has 0 spiro atoms. The number of aliphatic hydroxyl groups excluding tert-OH is 1. The second kappa shape index (κ2) is 12.2. The summed E-state index contributed by atoms with van der Waals surface area (Å²) in [4.78, 5) is 16.8. The number of ether oxygens (including phenoxy) is 1. The van der Waals surface area contributed by atoms with Crippen molar-refractivity contribution in [1.82, 2.24) is 10.3 Å². The highest BCUT2D eigenvalue weighted by Gasteiger charge is 2.17. The van der Waals surface area contributed by atoms with Crippen LogP contribution in [-0.2, 0) is 9.53 Å². The lowest BCUT2D eigenvalue weighted by Crippen LogP contribution is -2.38. The zero-order valence-electron chi connectivity index (χ0n) is 18.9. The Bertz CT molecular complexity index is 855. The Morgan fingerprint density at radius 3 is 2.58 bits per heavy atom. The van der Waals surface area contributed by atoms with Gasteiger partial charge in [-0.15, -0.1) is 0 Å². The molecule has 0 aliphatic carbocycles. The molecule has 0 fully saturated rings. The Kier molecular flexibility index (Phi) is 9.96. The Morgan fingerprint density at radius 2 is 1.87 bits per heavy atom. The standard InChI is InChI=1S/C23H35ClN4O3/c1-5-6-13-18(29)28-20-19(16-11-7-8-12-17(16)27-21(20)24)25-14-9-10-15-26-22(30)31-23(2,3)4/h7-8,11-12,22,26,30H,5-6,9-10,13-15H2,1-4H3,(H,25,27)(H,28,29). The Labute approximate surface area is 189 Å². The number of hydrogen-bond acceptors (Lipinski definition) is 6. The van der Waals surface area contributed by atoms with Gasteiger partial charge in [-0.1, -0.05) is 43.1 Å². The maximum absolute atomic E-state index is 12.3. The number of unbranched alkanes of at least 4 members (excludes halogenated alkanes) is 2. The molecule has 172 valence electrons. The molecule has 2 aromatic rings. The van der Waals surface area contributed by atoms with Crippen LogP contribution in [0, 0.1) is 0 Å². The molecular weight excluding hydrogens is 416 g/mol. The normalized spacial score (nSPS) is 12.7. The van der Waals surface area contributed by atoms with E-state index in [4.69, 9.17) is 16.3 Å². The number of pyridine rings is 1. The minimum absolute atomic E-state index is 0.0686. The van der Waals surface area contributed by atoms with Gasteiger partial charge in [0.2, 0.25) is 12.3 Å². The first-order valence-corrected chi connectivity index (χ1v) is 11.3. The molecule has 2 rings (SSSR count). The average Bonchev–Trinajstić information content (AvgIpc) is 2.69. The highest BCUT2D eigenvalue weighted by atomic mass is 35.5. The van der Waals surface area contributed by atoms with Crippen LogP contribution in [0.2, 0.25) is 5.15 Å². The molecule has 4 N–H and O–H groups in total. The highest BCUT2D eigenvalue weighted by molar-refractivity contribution is 6.34. The largest absolute Gasteiger partial charge is 0.383 e. The van der Waals surface area contributed by atoms with E-state index in [1.54, 1.807) is 0 Å². The molecule has 0 bridgehead atoms. The number of fused-ring (bicyclic) bond motifs is 1. The maximum atomic E-state index is 12.3. The molecule has 0 aliphatic rings. The molecule has 1 aromatic heterocycles. The number of anilines is 2. The number of aliphatic hydroxyl groups is 1. The molecule has 8 heteroatoms. The summed E-state index contributed by atoms with van der Waals surface area (Å²) in [7, 11) is 0. The zero-order chi connectivity index (χ0) is 22.9. The van der Waals surface area contributed by atoms with Gasteiger partial charge >= 0.3 is 0 Å². The summed E-state index contributed by atoms with van der Waals surface area (Å²) < 4.78 is 5.42. The van der Waals surface area contributed by atoms with Crippen molar-refractivity contribution in [2.24, 2.45) is 0 Å². The molecule has 1 unspecified atom stereocenters. The maximum Gasteiger partial charge on any atom is 0.224 e. The van der Waals surface area contributed by atoms with E-state index in [0.717, 1.165) is 42.3 Å². The van der Waals surface area contributed by atoms with Gasteiger partial charge in [0.1, 0.15) is 5.69 Å².